The molecule has 182 valence electrons. The van der Waals surface area contributed by atoms with Crippen LogP contribution in [0.25, 0.3) is 10.9 Å². The Balaban J connectivity index is 1.39. The van der Waals surface area contributed by atoms with Crippen LogP contribution in [0.2, 0.25) is 0 Å². The molecule has 1 saturated heterocycles. The minimum Gasteiger partial charge on any atom is -0.478 e. The number of hydrogen-bond acceptors (Lipinski definition) is 5. The van der Waals surface area contributed by atoms with Gasteiger partial charge in [-0.25, -0.2) is 18.6 Å². The van der Waals surface area contributed by atoms with Gasteiger partial charge < -0.3 is 20.2 Å². The largest absolute Gasteiger partial charge is 0.478 e. The van der Waals surface area contributed by atoms with E-state index >= 15 is 0 Å². The molecule has 2 N–H and O–H groups in total. The number of aromatic carboxylic acids is 1. The van der Waals surface area contributed by atoms with Crippen molar-refractivity contribution in [2.24, 2.45) is 0 Å². The third-order valence-corrected chi connectivity index (χ3v) is 6.20. The van der Waals surface area contributed by atoms with Gasteiger partial charge in [0, 0.05) is 37.3 Å². The highest BCUT2D eigenvalue weighted by Crippen LogP contribution is 2.28. The molecule has 1 aliphatic heterocycles. The minimum absolute atomic E-state index is 0.0357. The number of nitrogens with one attached hydrogen (secondary N) is 1. The second-order valence-electron chi connectivity index (χ2n) is 8.42. The molecule has 36 heavy (non-hydrogen) atoms. The lowest BCUT2D eigenvalue weighted by atomic mass is 10.1. The van der Waals surface area contributed by atoms with Crippen LogP contribution in [0, 0.1) is 11.6 Å². The molecule has 0 aliphatic carbocycles. The number of carbonyl (C=O) groups excluding carboxylic acids is 1. The molecule has 7 nitrogen and oxygen atoms in total. The summed E-state index contributed by atoms with van der Waals surface area (Å²) in [6, 6.07) is 18.5. The average Bonchev–Trinajstić information content (AvgIpc) is 2.88. The third kappa shape index (κ3) is 4.55. The van der Waals surface area contributed by atoms with E-state index in [2.05, 4.69) is 10.3 Å². The fourth-order valence-corrected chi connectivity index (χ4v) is 4.36. The minimum atomic E-state index is -1.13. The summed E-state index contributed by atoms with van der Waals surface area (Å²) in [4.78, 5) is 33.1. The Labute approximate surface area is 205 Å². The number of halogens is 2. The number of aromatic nitrogens is 1. The van der Waals surface area contributed by atoms with Crippen LogP contribution in [-0.4, -0.2) is 48.1 Å². The number of carboxylic acids is 1. The summed E-state index contributed by atoms with van der Waals surface area (Å²) < 4.78 is 28.1. The molecule has 5 rings (SSSR count). The lowest BCUT2D eigenvalue weighted by Crippen LogP contribution is -2.47. The number of fused-ring (bicyclic) bond motifs is 1. The van der Waals surface area contributed by atoms with Crippen LogP contribution in [0.5, 0.6) is 0 Å². The van der Waals surface area contributed by atoms with Gasteiger partial charge in [-0.2, -0.15) is 0 Å². The number of piperazine rings is 1. The van der Waals surface area contributed by atoms with Gasteiger partial charge >= 0.3 is 5.97 Å². The van der Waals surface area contributed by atoms with E-state index < -0.39 is 17.7 Å². The summed E-state index contributed by atoms with van der Waals surface area (Å²) in [6.45, 7) is 2.21. The highest BCUT2D eigenvalue weighted by molar-refractivity contribution is 6.08. The number of anilines is 3. The van der Waals surface area contributed by atoms with Crippen molar-refractivity contribution < 1.29 is 23.5 Å². The molecule has 3 aromatic carbocycles. The van der Waals surface area contributed by atoms with Crippen molar-refractivity contribution in [2.45, 2.75) is 0 Å². The first-order valence-electron chi connectivity index (χ1n) is 11.4. The van der Waals surface area contributed by atoms with Gasteiger partial charge in [0.05, 0.1) is 22.3 Å². The van der Waals surface area contributed by atoms with Crippen molar-refractivity contribution >= 4 is 40.0 Å². The molecule has 1 aromatic heterocycles. The summed E-state index contributed by atoms with van der Waals surface area (Å²) in [6.07, 6.45) is 0. The standard InChI is InChI=1S/C27H22F2N4O3/c28-21-6-2-1-5-18(21)26(34)30-17-9-10-23-19(15-17)20(27(35)36)16-25(31-23)33-13-11-32(12-14-33)24-8-4-3-7-22(24)29/h1-10,15-16H,11-14H2,(H,30,34)(H,35,36). The molecule has 0 saturated carbocycles. The first-order chi connectivity index (χ1) is 17.4. The molecular formula is C27H22F2N4O3. The normalized spacial score (nSPS) is 13.6. The molecule has 2 heterocycles. The zero-order valence-electron chi connectivity index (χ0n) is 19.1. The Morgan fingerprint density at radius 1 is 0.806 bits per heavy atom. The molecule has 0 radical (unpaired) electrons. The fraction of sp³-hybridized carbons (Fsp3) is 0.148. The number of benzene rings is 3. The van der Waals surface area contributed by atoms with Gasteiger partial charge in [-0.05, 0) is 48.5 Å². The van der Waals surface area contributed by atoms with Crippen LogP contribution < -0.4 is 15.1 Å². The molecule has 4 aromatic rings. The predicted octanol–water partition coefficient (Wildman–Crippen LogP) is 4.79. The van der Waals surface area contributed by atoms with E-state index in [1.165, 1.54) is 36.4 Å². The Morgan fingerprint density at radius 2 is 1.47 bits per heavy atom. The number of carboxylic acid groups (broad SMARTS) is 1. The van der Waals surface area contributed by atoms with Crippen molar-refractivity contribution in [3.63, 3.8) is 0 Å². The highest BCUT2D eigenvalue weighted by atomic mass is 19.1. The number of hydrogen-bond donors (Lipinski definition) is 2. The second-order valence-corrected chi connectivity index (χ2v) is 8.42. The molecule has 9 heteroatoms. The van der Waals surface area contributed by atoms with Crippen molar-refractivity contribution in [2.75, 3.05) is 41.3 Å². The van der Waals surface area contributed by atoms with E-state index in [4.69, 9.17) is 0 Å². The van der Waals surface area contributed by atoms with Crippen LogP contribution >= 0.6 is 0 Å². The molecule has 0 spiro atoms. The molecule has 1 aliphatic rings. The van der Waals surface area contributed by atoms with E-state index in [0.29, 0.717) is 54.3 Å². The van der Waals surface area contributed by atoms with Gasteiger partial charge in [0.2, 0.25) is 0 Å². The first-order valence-corrected chi connectivity index (χ1v) is 11.4. The molecule has 1 fully saturated rings. The molecule has 1 amide bonds. The van der Waals surface area contributed by atoms with E-state index in [0.717, 1.165) is 0 Å². The van der Waals surface area contributed by atoms with Gasteiger partial charge in [0.15, 0.2) is 0 Å². The maximum atomic E-state index is 14.2. The van der Waals surface area contributed by atoms with Gasteiger partial charge in [0.25, 0.3) is 5.91 Å². The van der Waals surface area contributed by atoms with Crippen LogP contribution in [-0.2, 0) is 0 Å². The third-order valence-electron chi connectivity index (χ3n) is 6.20. The summed E-state index contributed by atoms with van der Waals surface area (Å²) in [5.41, 5.74) is 1.24. The van der Waals surface area contributed by atoms with Crippen LogP contribution in [0.3, 0.4) is 0 Å². The molecule has 0 bridgehead atoms. The zero-order valence-corrected chi connectivity index (χ0v) is 19.1. The number of nitrogens with zero attached hydrogens (tertiary/aromatic N) is 3. The van der Waals surface area contributed by atoms with Gasteiger partial charge in [0.1, 0.15) is 17.5 Å². The van der Waals surface area contributed by atoms with Gasteiger partial charge in [-0.3, -0.25) is 4.79 Å². The van der Waals surface area contributed by atoms with E-state index in [1.807, 2.05) is 9.80 Å². The summed E-state index contributed by atoms with van der Waals surface area (Å²) in [5.74, 6) is -2.19. The van der Waals surface area contributed by atoms with E-state index in [1.54, 1.807) is 36.4 Å². The van der Waals surface area contributed by atoms with Gasteiger partial charge in [-0.15, -0.1) is 0 Å². The number of carbonyl (C=O) groups is 2. The van der Waals surface area contributed by atoms with Crippen LogP contribution in [0.15, 0.2) is 72.8 Å². The van der Waals surface area contributed by atoms with Crippen molar-refractivity contribution in [3.05, 3.63) is 95.6 Å². The molecular weight excluding hydrogens is 466 g/mol. The lowest BCUT2D eigenvalue weighted by molar-refractivity contribution is 0.0698. The maximum Gasteiger partial charge on any atom is 0.336 e. The Morgan fingerprint density at radius 3 is 2.17 bits per heavy atom. The van der Waals surface area contributed by atoms with Gasteiger partial charge in [-0.1, -0.05) is 24.3 Å². The van der Waals surface area contributed by atoms with Crippen LogP contribution in [0.4, 0.5) is 26.0 Å². The van der Waals surface area contributed by atoms with E-state index in [-0.39, 0.29) is 16.9 Å². The van der Waals surface area contributed by atoms with Crippen molar-refractivity contribution in [3.8, 4) is 0 Å². The Bertz CT molecular complexity index is 1470. The smallest absolute Gasteiger partial charge is 0.336 e. The average molecular weight is 488 g/mol. The highest BCUT2D eigenvalue weighted by Gasteiger charge is 2.22. The SMILES string of the molecule is O=C(Nc1ccc2nc(N3CCN(c4ccccc4F)CC3)cc(C(=O)O)c2c1)c1ccccc1F. The predicted molar refractivity (Wildman–Crippen MR) is 134 cm³/mol. The maximum absolute atomic E-state index is 14.2. The topological polar surface area (TPSA) is 85.8 Å². The Kier molecular flexibility index (Phi) is 6.20. The number of para-hydroxylation sites is 1. The fourth-order valence-electron chi connectivity index (χ4n) is 4.36. The van der Waals surface area contributed by atoms with Crippen LogP contribution in [0.1, 0.15) is 20.7 Å². The summed E-state index contributed by atoms with van der Waals surface area (Å²) >= 11 is 0. The monoisotopic (exact) mass is 488 g/mol. The first kappa shape index (κ1) is 23.2. The summed E-state index contributed by atoms with van der Waals surface area (Å²) in [5, 5.41) is 12.8. The quantitative estimate of drug-likeness (QED) is 0.420. The number of pyridine rings is 1. The lowest BCUT2D eigenvalue weighted by Gasteiger charge is -2.37. The van der Waals surface area contributed by atoms with Crippen molar-refractivity contribution in [1.29, 1.82) is 0 Å². The molecule has 0 atom stereocenters. The number of amides is 1. The second kappa shape index (κ2) is 9.61. The van der Waals surface area contributed by atoms with Crippen molar-refractivity contribution in [1.82, 2.24) is 4.98 Å². The van der Waals surface area contributed by atoms with E-state index in [9.17, 15) is 23.5 Å². The number of rotatable bonds is 5. The Hall–Kier alpha value is -4.53. The summed E-state index contributed by atoms with van der Waals surface area (Å²) in [7, 11) is 0. The molecule has 0 unspecified atom stereocenters. The zero-order chi connectivity index (χ0) is 25.2.